The number of nitriles is 1. The van der Waals surface area contributed by atoms with E-state index in [0.717, 1.165) is 6.07 Å². The Balaban J connectivity index is 1.78. The van der Waals surface area contributed by atoms with E-state index >= 15 is 8.78 Å². The van der Waals surface area contributed by atoms with Gasteiger partial charge in [0.1, 0.15) is 17.6 Å². The lowest BCUT2D eigenvalue weighted by molar-refractivity contribution is -0.137. The Morgan fingerprint density at radius 3 is 1.90 bits per heavy atom. The summed E-state index contributed by atoms with van der Waals surface area (Å²) in [4.78, 5) is 0. The smallest absolute Gasteiger partial charge is 0.307 e. The second-order valence-corrected chi connectivity index (χ2v) is 9.59. The van der Waals surface area contributed by atoms with E-state index in [4.69, 9.17) is 0 Å². The van der Waals surface area contributed by atoms with Gasteiger partial charge in [0.2, 0.25) is 0 Å². The van der Waals surface area contributed by atoms with Crippen molar-refractivity contribution in [3.05, 3.63) is 120 Å². The predicted molar refractivity (Wildman–Crippen MR) is 145 cm³/mol. The molecule has 0 saturated heterocycles. The molecule has 0 saturated carbocycles. The molecule has 0 aliphatic heterocycles. The van der Waals surface area contributed by atoms with E-state index in [1.807, 2.05) is 6.07 Å². The van der Waals surface area contributed by atoms with Gasteiger partial charge in [0.05, 0.1) is 38.9 Å². The summed E-state index contributed by atoms with van der Waals surface area (Å²) >= 11 is 0. The van der Waals surface area contributed by atoms with E-state index < -0.39 is 34.9 Å². The van der Waals surface area contributed by atoms with E-state index in [0.29, 0.717) is 50.2 Å². The first kappa shape index (κ1) is 24.8. The summed E-state index contributed by atoms with van der Waals surface area (Å²) in [6.45, 7) is 0. The second-order valence-electron chi connectivity index (χ2n) is 9.59. The Labute approximate surface area is 227 Å². The molecule has 0 bridgehead atoms. The molecule has 0 amide bonds. The van der Waals surface area contributed by atoms with Crippen LogP contribution in [-0.4, -0.2) is 9.13 Å². The second kappa shape index (κ2) is 8.63. The van der Waals surface area contributed by atoms with Crippen molar-refractivity contribution >= 4 is 43.6 Å². The number of hydrogen-bond donors (Lipinski definition) is 0. The molecule has 2 aromatic heterocycles. The summed E-state index contributed by atoms with van der Waals surface area (Å²) in [6, 6.07) is 23.3. The van der Waals surface area contributed by atoms with Crippen molar-refractivity contribution in [2.24, 2.45) is 0 Å². The normalized spacial score (nSPS) is 12.1. The Morgan fingerprint density at radius 2 is 1.24 bits per heavy atom. The third-order valence-electron chi connectivity index (χ3n) is 7.36. The molecule has 7 aromatic rings. The molecule has 7 rings (SSSR count). The molecule has 9 heteroatoms. The first-order valence-electron chi connectivity index (χ1n) is 12.4. The molecule has 41 heavy (non-hydrogen) atoms. The summed E-state index contributed by atoms with van der Waals surface area (Å²) in [6.07, 6.45) is -4.79. The van der Waals surface area contributed by atoms with Gasteiger partial charge in [-0.3, -0.25) is 0 Å². The maximum absolute atomic E-state index is 15.2. The zero-order chi connectivity index (χ0) is 28.6. The third kappa shape index (κ3) is 3.47. The van der Waals surface area contributed by atoms with E-state index in [1.54, 1.807) is 60.7 Å². The predicted octanol–water partition coefficient (Wildman–Crippen LogP) is 9.19. The van der Waals surface area contributed by atoms with Crippen molar-refractivity contribution in [2.75, 3.05) is 0 Å². The highest BCUT2D eigenvalue weighted by Gasteiger charge is 2.36. The number of fused-ring (bicyclic) bond motifs is 7. The summed E-state index contributed by atoms with van der Waals surface area (Å²) in [5.41, 5.74) is -0.676. The highest BCUT2D eigenvalue weighted by Crippen LogP contribution is 2.45. The number of aromatic nitrogens is 2. The van der Waals surface area contributed by atoms with Crippen LogP contribution in [0.15, 0.2) is 91.0 Å². The van der Waals surface area contributed by atoms with Gasteiger partial charge < -0.3 is 9.13 Å². The number of benzene rings is 5. The third-order valence-corrected chi connectivity index (χ3v) is 7.36. The number of rotatable bonds is 2. The lowest BCUT2D eigenvalue weighted by Gasteiger charge is -2.17. The highest BCUT2D eigenvalue weighted by molar-refractivity contribution is 6.26. The van der Waals surface area contributed by atoms with Crippen LogP contribution in [0.4, 0.5) is 26.3 Å². The summed E-state index contributed by atoms with van der Waals surface area (Å²) in [7, 11) is 0. The molecule has 0 unspecified atom stereocenters. The maximum atomic E-state index is 15.2. The Hall–Kier alpha value is -5.23. The summed E-state index contributed by atoms with van der Waals surface area (Å²) in [5.74, 6) is -3.36. The van der Waals surface area contributed by atoms with Crippen LogP contribution < -0.4 is 0 Å². The van der Waals surface area contributed by atoms with Gasteiger partial charge in [0.15, 0.2) is 11.6 Å². The van der Waals surface area contributed by atoms with Gasteiger partial charge in [-0.1, -0.05) is 48.5 Å². The molecular weight excluding hydrogens is 540 g/mol. The van der Waals surface area contributed by atoms with Crippen LogP contribution in [0, 0.1) is 28.8 Å². The standard InChI is InChI=1S/C32H15F6N3/c33-18-14-23(34)31(24(35)15-18)40-26-11-4-2-8-21(26)28-27(40)13-12-20-19-7-1-3-10-25(19)41(30(20)28)29-17(16-39)6-5-9-22(29)32(36,37)38/h1-15H. The number of nitrogens with zero attached hydrogens (tertiary/aromatic N) is 3. The lowest BCUT2D eigenvalue weighted by atomic mass is 10.1. The summed E-state index contributed by atoms with van der Waals surface area (Å²) in [5, 5.41) is 12.0. The number of para-hydroxylation sites is 3. The van der Waals surface area contributed by atoms with Crippen molar-refractivity contribution in [2.45, 2.75) is 6.18 Å². The fraction of sp³-hybridized carbons (Fsp3) is 0.0312. The van der Waals surface area contributed by atoms with Crippen molar-refractivity contribution in [1.82, 2.24) is 9.13 Å². The van der Waals surface area contributed by atoms with E-state index in [2.05, 4.69) is 0 Å². The first-order valence-corrected chi connectivity index (χ1v) is 12.4. The average Bonchev–Trinajstić information content (AvgIpc) is 3.45. The average molecular weight is 555 g/mol. The molecule has 0 radical (unpaired) electrons. The van der Waals surface area contributed by atoms with Gasteiger partial charge in [-0.2, -0.15) is 18.4 Å². The summed E-state index contributed by atoms with van der Waals surface area (Å²) < 4.78 is 90.2. The van der Waals surface area contributed by atoms with Crippen molar-refractivity contribution < 1.29 is 26.3 Å². The van der Waals surface area contributed by atoms with Crippen molar-refractivity contribution in [3.8, 4) is 17.4 Å². The van der Waals surface area contributed by atoms with Crippen molar-refractivity contribution in [1.29, 1.82) is 5.26 Å². The minimum Gasteiger partial charge on any atom is -0.307 e. The fourth-order valence-corrected chi connectivity index (χ4v) is 5.83. The maximum Gasteiger partial charge on any atom is 0.418 e. The molecule has 0 fully saturated rings. The fourth-order valence-electron chi connectivity index (χ4n) is 5.83. The van der Waals surface area contributed by atoms with E-state index in [9.17, 15) is 22.8 Å². The van der Waals surface area contributed by atoms with Crippen LogP contribution in [0.25, 0.3) is 55.0 Å². The van der Waals surface area contributed by atoms with Crippen molar-refractivity contribution in [3.63, 3.8) is 0 Å². The number of halogens is 6. The number of alkyl halides is 3. The monoisotopic (exact) mass is 555 g/mol. The zero-order valence-corrected chi connectivity index (χ0v) is 20.8. The Kier molecular flexibility index (Phi) is 5.22. The zero-order valence-electron chi connectivity index (χ0n) is 20.8. The molecule has 0 aliphatic rings. The highest BCUT2D eigenvalue weighted by atomic mass is 19.4. The number of hydrogen-bond acceptors (Lipinski definition) is 1. The van der Waals surface area contributed by atoms with Gasteiger partial charge in [0, 0.05) is 33.7 Å². The van der Waals surface area contributed by atoms with Crippen LogP contribution >= 0.6 is 0 Å². The van der Waals surface area contributed by atoms with Crippen LogP contribution in [0.2, 0.25) is 0 Å². The van der Waals surface area contributed by atoms with E-state index in [1.165, 1.54) is 21.3 Å². The van der Waals surface area contributed by atoms with Gasteiger partial charge in [-0.05, 0) is 30.3 Å². The van der Waals surface area contributed by atoms with Gasteiger partial charge in [-0.15, -0.1) is 0 Å². The van der Waals surface area contributed by atoms with Gasteiger partial charge in [0.25, 0.3) is 0 Å². The van der Waals surface area contributed by atoms with E-state index in [-0.39, 0.29) is 16.8 Å². The van der Waals surface area contributed by atoms with Crippen LogP contribution in [-0.2, 0) is 6.18 Å². The molecule has 2 heterocycles. The van der Waals surface area contributed by atoms with Gasteiger partial charge >= 0.3 is 6.18 Å². The van der Waals surface area contributed by atoms with Crippen LogP contribution in [0.5, 0.6) is 0 Å². The molecule has 0 spiro atoms. The quantitative estimate of drug-likeness (QED) is 0.196. The first-order chi connectivity index (χ1) is 19.7. The van der Waals surface area contributed by atoms with Gasteiger partial charge in [-0.25, -0.2) is 13.2 Å². The molecule has 5 aromatic carbocycles. The Morgan fingerprint density at radius 1 is 0.610 bits per heavy atom. The lowest BCUT2D eigenvalue weighted by Crippen LogP contribution is -2.12. The van der Waals surface area contributed by atoms with Crippen LogP contribution in [0.1, 0.15) is 11.1 Å². The minimum atomic E-state index is -4.79. The SMILES string of the molecule is N#Cc1cccc(C(F)(F)F)c1-n1c2ccccc2c2ccc3c(c4ccccc4n3-c3c(F)cc(F)cc3F)c21. The molecule has 0 N–H and O–H groups in total. The topological polar surface area (TPSA) is 33.6 Å². The molecular formula is C32H15F6N3. The Bertz CT molecular complexity index is 2230. The molecule has 0 atom stereocenters. The molecule has 3 nitrogen and oxygen atoms in total. The largest absolute Gasteiger partial charge is 0.418 e. The molecule has 0 aliphatic carbocycles. The van der Waals surface area contributed by atoms with Crippen LogP contribution in [0.3, 0.4) is 0 Å². The minimum absolute atomic E-state index is 0.196. The molecule has 200 valence electrons.